The van der Waals surface area contributed by atoms with Crippen LogP contribution in [0.4, 0.5) is 17.6 Å². The molecule has 2 atom stereocenters. The van der Waals surface area contributed by atoms with Crippen molar-refractivity contribution in [3.63, 3.8) is 0 Å². The van der Waals surface area contributed by atoms with E-state index in [0.29, 0.717) is 66.2 Å². The van der Waals surface area contributed by atoms with Gasteiger partial charge in [-0.3, -0.25) is 14.5 Å². The molecule has 1 aromatic heterocycles. The van der Waals surface area contributed by atoms with E-state index in [0.717, 1.165) is 18.4 Å². The summed E-state index contributed by atoms with van der Waals surface area (Å²) in [7, 11) is 0. The molecule has 3 aromatic rings. The van der Waals surface area contributed by atoms with Gasteiger partial charge in [0.15, 0.2) is 5.82 Å². The number of hydrogen-bond donors (Lipinski definition) is 2. The Kier molecular flexibility index (Phi) is 9.60. The predicted molar refractivity (Wildman–Crippen MR) is 161 cm³/mol. The van der Waals surface area contributed by atoms with E-state index >= 15 is 4.39 Å². The Labute approximate surface area is 254 Å². The SMILES string of the molecule is Cc1cc(-c2c(C)cc(F)cc2C)cc([C@H](CC(=O)O)NCC(CC2CC2)n2cc(CCN3CC(F)C3)cc(F)c2=O)c1F. The number of aromatic nitrogens is 1. The Morgan fingerprint density at radius 3 is 2.32 bits per heavy atom. The zero-order chi connectivity index (χ0) is 31.7. The van der Waals surface area contributed by atoms with Gasteiger partial charge >= 0.3 is 5.97 Å². The maximum absolute atomic E-state index is 15.7. The molecule has 1 aliphatic heterocycles. The summed E-state index contributed by atoms with van der Waals surface area (Å²) in [5, 5.41) is 13.0. The maximum atomic E-state index is 15.7. The van der Waals surface area contributed by atoms with Crippen LogP contribution in [0.2, 0.25) is 0 Å². The van der Waals surface area contributed by atoms with E-state index in [1.165, 1.54) is 22.8 Å². The lowest BCUT2D eigenvalue weighted by molar-refractivity contribution is -0.137. The van der Waals surface area contributed by atoms with Crippen molar-refractivity contribution < 1.29 is 27.5 Å². The Hall–Kier alpha value is -3.50. The van der Waals surface area contributed by atoms with Crippen molar-refractivity contribution in [2.45, 2.75) is 71.1 Å². The van der Waals surface area contributed by atoms with Gasteiger partial charge in [-0.05, 0) is 103 Å². The summed E-state index contributed by atoms with van der Waals surface area (Å²) < 4.78 is 59.2. The smallest absolute Gasteiger partial charge is 0.305 e. The van der Waals surface area contributed by atoms with Gasteiger partial charge in [-0.2, -0.15) is 0 Å². The molecule has 236 valence electrons. The first kappa shape index (κ1) is 31.9. The van der Waals surface area contributed by atoms with E-state index in [2.05, 4.69) is 5.32 Å². The number of alkyl halides is 1. The van der Waals surface area contributed by atoms with Gasteiger partial charge < -0.3 is 15.0 Å². The lowest BCUT2D eigenvalue weighted by atomic mass is 9.90. The third-order valence-electron chi connectivity index (χ3n) is 8.80. The molecule has 0 radical (unpaired) electrons. The Morgan fingerprint density at radius 2 is 1.70 bits per heavy atom. The lowest BCUT2D eigenvalue weighted by Gasteiger charge is -2.34. The summed E-state index contributed by atoms with van der Waals surface area (Å²) in [6.07, 6.45) is 3.38. The number of carboxylic acid groups (broad SMARTS) is 1. The topological polar surface area (TPSA) is 74.6 Å². The van der Waals surface area contributed by atoms with Crippen LogP contribution in [0.5, 0.6) is 0 Å². The van der Waals surface area contributed by atoms with Gasteiger partial charge in [-0.25, -0.2) is 17.6 Å². The third kappa shape index (κ3) is 7.41. The second kappa shape index (κ2) is 13.2. The van der Waals surface area contributed by atoms with Gasteiger partial charge in [0, 0.05) is 50.0 Å². The third-order valence-corrected chi connectivity index (χ3v) is 8.80. The number of rotatable bonds is 13. The lowest BCUT2D eigenvalue weighted by Crippen LogP contribution is -2.49. The number of nitrogens with zero attached hydrogens (tertiary/aromatic N) is 2. The minimum atomic E-state index is -1.13. The molecular formula is C34H39F4N3O3. The highest BCUT2D eigenvalue weighted by Crippen LogP contribution is 2.37. The molecule has 0 spiro atoms. The summed E-state index contributed by atoms with van der Waals surface area (Å²) >= 11 is 0. The van der Waals surface area contributed by atoms with Crippen molar-refractivity contribution in [2.75, 3.05) is 26.2 Å². The van der Waals surface area contributed by atoms with E-state index in [9.17, 15) is 27.9 Å². The van der Waals surface area contributed by atoms with Crippen LogP contribution in [-0.2, 0) is 11.2 Å². The zero-order valence-electron chi connectivity index (χ0n) is 25.3. The fraction of sp³-hybridized carbons (Fsp3) is 0.471. The van der Waals surface area contributed by atoms with Crippen molar-refractivity contribution in [1.29, 1.82) is 0 Å². The highest BCUT2D eigenvalue weighted by Gasteiger charge is 2.30. The van der Waals surface area contributed by atoms with Crippen LogP contribution in [0, 0.1) is 44.1 Å². The maximum Gasteiger partial charge on any atom is 0.305 e. The molecule has 2 aliphatic rings. The van der Waals surface area contributed by atoms with E-state index < -0.39 is 47.8 Å². The number of hydrogen-bond acceptors (Lipinski definition) is 4. The van der Waals surface area contributed by atoms with Crippen LogP contribution in [0.15, 0.2) is 41.3 Å². The molecular weight excluding hydrogens is 574 g/mol. The summed E-state index contributed by atoms with van der Waals surface area (Å²) in [6.45, 7) is 6.50. The predicted octanol–water partition coefficient (Wildman–Crippen LogP) is 6.20. The number of carboxylic acids is 1. The van der Waals surface area contributed by atoms with Gasteiger partial charge in [0.25, 0.3) is 5.56 Å². The standard InChI is InChI=1S/C34H39F4N3O3/c1-19-9-25(35)10-20(2)32(19)24-8-21(3)33(38)28(13-24)30(14-31(42)43)39-15-27(11-22-4-5-22)41-16-23(12-29(37)34(41)44)6-7-40-17-26(36)18-40/h8-10,12-13,16,22,26-27,30,39H,4-7,11,14-15,17-18H2,1-3H3,(H,42,43)/t27?,30-/m0/s1. The largest absolute Gasteiger partial charge is 0.481 e. The van der Waals surface area contributed by atoms with Crippen LogP contribution in [-0.4, -0.2) is 52.9 Å². The summed E-state index contributed by atoms with van der Waals surface area (Å²) in [6, 6.07) is 5.87. The van der Waals surface area contributed by atoms with Gasteiger partial charge in [0.2, 0.25) is 0 Å². The number of likely N-dealkylation sites (tertiary alicyclic amines) is 1. The van der Waals surface area contributed by atoms with Crippen LogP contribution in [0.3, 0.4) is 0 Å². The van der Waals surface area contributed by atoms with Gasteiger partial charge in [-0.15, -0.1) is 0 Å². The molecule has 0 amide bonds. The number of aryl methyl sites for hydroxylation is 3. The van der Waals surface area contributed by atoms with Crippen LogP contribution < -0.4 is 10.9 Å². The summed E-state index contributed by atoms with van der Waals surface area (Å²) in [5.74, 6) is -2.58. The molecule has 1 unspecified atom stereocenters. The van der Waals surface area contributed by atoms with E-state index in [1.54, 1.807) is 39.1 Å². The number of nitrogens with one attached hydrogen (secondary N) is 1. The van der Waals surface area contributed by atoms with Crippen molar-refractivity contribution in [1.82, 2.24) is 14.8 Å². The fourth-order valence-corrected chi connectivity index (χ4v) is 6.35. The van der Waals surface area contributed by atoms with E-state index in [4.69, 9.17) is 0 Å². The monoisotopic (exact) mass is 613 g/mol. The Morgan fingerprint density at radius 1 is 1.02 bits per heavy atom. The van der Waals surface area contributed by atoms with Crippen LogP contribution in [0.1, 0.15) is 65.6 Å². The molecule has 0 bridgehead atoms. The Balaban J connectivity index is 1.44. The molecule has 10 heteroatoms. The van der Waals surface area contributed by atoms with Gasteiger partial charge in [0.05, 0.1) is 6.42 Å². The second-order valence-corrected chi connectivity index (χ2v) is 12.5. The molecule has 6 nitrogen and oxygen atoms in total. The van der Waals surface area contributed by atoms with Crippen molar-refractivity contribution in [3.8, 4) is 11.1 Å². The second-order valence-electron chi connectivity index (χ2n) is 12.5. The first-order valence-electron chi connectivity index (χ1n) is 15.2. The fourth-order valence-electron chi connectivity index (χ4n) is 6.35. The van der Waals surface area contributed by atoms with Crippen LogP contribution in [0.25, 0.3) is 11.1 Å². The van der Waals surface area contributed by atoms with Gasteiger partial charge in [0.1, 0.15) is 17.8 Å². The minimum Gasteiger partial charge on any atom is -0.481 e. The summed E-state index contributed by atoms with van der Waals surface area (Å²) in [5.41, 5.74) is 3.06. The molecule has 1 aliphatic carbocycles. The highest BCUT2D eigenvalue weighted by molar-refractivity contribution is 5.73. The number of halogens is 4. The molecule has 1 saturated carbocycles. The molecule has 1 saturated heterocycles. The van der Waals surface area contributed by atoms with E-state index in [1.807, 2.05) is 4.90 Å². The quantitative estimate of drug-likeness (QED) is 0.225. The van der Waals surface area contributed by atoms with Crippen molar-refractivity contribution >= 4 is 5.97 Å². The number of carbonyl (C=O) groups is 1. The number of benzene rings is 2. The highest BCUT2D eigenvalue weighted by atomic mass is 19.1. The normalized spacial score (nSPS) is 17.0. The van der Waals surface area contributed by atoms with Crippen LogP contribution >= 0.6 is 0 Å². The average molecular weight is 614 g/mol. The first-order valence-corrected chi connectivity index (χ1v) is 15.2. The summed E-state index contributed by atoms with van der Waals surface area (Å²) in [4.78, 5) is 26.9. The Bertz CT molecular complexity index is 1570. The molecule has 2 fully saturated rings. The molecule has 44 heavy (non-hydrogen) atoms. The first-order chi connectivity index (χ1) is 20.9. The molecule has 5 rings (SSSR count). The number of pyridine rings is 1. The number of aliphatic carboxylic acids is 1. The van der Waals surface area contributed by atoms with Crippen molar-refractivity contribution in [3.05, 3.63) is 92.2 Å². The van der Waals surface area contributed by atoms with Gasteiger partial charge in [-0.1, -0.05) is 12.8 Å². The minimum absolute atomic E-state index is 0.115. The molecule has 2 aromatic carbocycles. The molecule has 2 heterocycles. The van der Waals surface area contributed by atoms with Crippen molar-refractivity contribution in [2.24, 2.45) is 5.92 Å². The van der Waals surface area contributed by atoms with E-state index in [-0.39, 0.29) is 17.9 Å². The average Bonchev–Trinajstić information content (AvgIpc) is 3.74. The zero-order valence-corrected chi connectivity index (χ0v) is 25.3. The molecule has 2 N–H and O–H groups in total.